The maximum absolute atomic E-state index is 5.96. The van der Waals surface area contributed by atoms with E-state index in [1.807, 2.05) is 24.3 Å². The van der Waals surface area contributed by atoms with Crippen LogP contribution in [0.1, 0.15) is 25.7 Å². The summed E-state index contributed by atoms with van der Waals surface area (Å²) >= 11 is 0. The van der Waals surface area contributed by atoms with Gasteiger partial charge >= 0.3 is 0 Å². The number of nitrogen functional groups attached to an aromatic ring is 1. The number of anilines is 1. The maximum Gasteiger partial charge on any atom is 0.153 e. The molecule has 0 aliphatic heterocycles. The zero-order valence-corrected chi connectivity index (χ0v) is 10.4. The van der Waals surface area contributed by atoms with Crippen LogP contribution in [0.3, 0.4) is 0 Å². The molecule has 94 valence electrons. The molecule has 0 radical (unpaired) electrons. The van der Waals surface area contributed by atoms with Crippen molar-refractivity contribution in [1.29, 1.82) is 0 Å². The van der Waals surface area contributed by atoms with Crippen molar-refractivity contribution in [1.82, 2.24) is 4.98 Å². The summed E-state index contributed by atoms with van der Waals surface area (Å²) in [5, 5.41) is 1.01. The number of para-hydroxylation sites is 1. The number of nitrogens with two attached hydrogens (primary N) is 1. The number of nitrogens with zero attached hydrogens (tertiary/aromatic N) is 1. The molecule has 18 heavy (non-hydrogen) atoms. The number of ether oxygens (including phenoxy) is 1. The van der Waals surface area contributed by atoms with E-state index in [1.165, 1.54) is 19.3 Å². The van der Waals surface area contributed by atoms with Crippen molar-refractivity contribution >= 4 is 16.6 Å². The first-order chi connectivity index (χ1) is 8.84. The molecule has 1 aromatic heterocycles. The number of hydrogen-bond acceptors (Lipinski definition) is 3. The summed E-state index contributed by atoms with van der Waals surface area (Å²) in [6.45, 7) is 0.753. The Balaban J connectivity index is 1.78. The van der Waals surface area contributed by atoms with Gasteiger partial charge < -0.3 is 10.5 Å². The van der Waals surface area contributed by atoms with Crippen LogP contribution in [0, 0.1) is 5.92 Å². The minimum atomic E-state index is 0.627. The van der Waals surface area contributed by atoms with Gasteiger partial charge in [-0.2, -0.15) is 0 Å². The summed E-state index contributed by atoms with van der Waals surface area (Å²) in [6.07, 6.45) is 6.91. The molecule has 0 atom stereocenters. The Labute approximate surface area is 107 Å². The van der Waals surface area contributed by atoms with Gasteiger partial charge in [0.15, 0.2) is 5.75 Å². The molecule has 0 spiro atoms. The number of pyridine rings is 1. The standard InChI is InChI=1S/C15H18N2O/c16-13-10-17-14-7-2-1-6-12(14)15(13)18-9-8-11-4-3-5-11/h1-2,6-7,10-11H,3-5,8-9,16H2. The SMILES string of the molecule is Nc1cnc2ccccc2c1OCCC1CCC1. The average Bonchev–Trinajstić information content (AvgIpc) is 2.34. The fourth-order valence-corrected chi connectivity index (χ4v) is 2.40. The summed E-state index contributed by atoms with van der Waals surface area (Å²) in [5.41, 5.74) is 7.53. The Hall–Kier alpha value is -1.77. The van der Waals surface area contributed by atoms with Crippen molar-refractivity contribution < 1.29 is 4.74 Å². The van der Waals surface area contributed by atoms with E-state index in [2.05, 4.69) is 4.98 Å². The van der Waals surface area contributed by atoms with Crippen LogP contribution >= 0.6 is 0 Å². The molecule has 3 nitrogen and oxygen atoms in total. The summed E-state index contributed by atoms with van der Waals surface area (Å²) in [4.78, 5) is 4.31. The van der Waals surface area contributed by atoms with Crippen LogP contribution in [0.5, 0.6) is 5.75 Å². The Bertz CT molecular complexity index is 549. The van der Waals surface area contributed by atoms with E-state index >= 15 is 0 Å². The summed E-state index contributed by atoms with van der Waals surface area (Å²) in [7, 11) is 0. The summed E-state index contributed by atoms with van der Waals surface area (Å²) in [6, 6.07) is 7.96. The largest absolute Gasteiger partial charge is 0.491 e. The van der Waals surface area contributed by atoms with Crippen molar-refractivity contribution in [3.8, 4) is 5.75 Å². The van der Waals surface area contributed by atoms with E-state index in [-0.39, 0.29) is 0 Å². The monoisotopic (exact) mass is 242 g/mol. The lowest BCUT2D eigenvalue weighted by atomic mass is 9.83. The Morgan fingerprint density at radius 2 is 2.11 bits per heavy atom. The second-order valence-electron chi connectivity index (χ2n) is 4.99. The molecule has 0 saturated heterocycles. The third kappa shape index (κ3) is 2.13. The lowest BCUT2D eigenvalue weighted by Crippen LogP contribution is -2.14. The molecular formula is C15H18N2O. The molecule has 2 aromatic rings. The molecular weight excluding hydrogens is 224 g/mol. The van der Waals surface area contributed by atoms with E-state index in [4.69, 9.17) is 10.5 Å². The van der Waals surface area contributed by atoms with Crippen LogP contribution in [0.15, 0.2) is 30.5 Å². The molecule has 1 aliphatic rings. The first-order valence-electron chi connectivity index (χ1n) is 6.60. The minimum absolute atomic E-state index is 0.627. The third-order valence-corrected chi connectivity index (χ3v) is 3.75. The van der Waals surface area contributed by atoms with Crippen LogP contribution in [0.4, 0.5) is 5.69 Å². The Morgan fingerprint density at radius 1 is 1.28 bits per heavy atom. The van der Waals surface area contributed by atoms with Gasteiger partial charge in [0.05, 0.1) is 24.0 Å². The number of benzene rings is 1. The smallest absolute Gasteiger partial charge is 0.153 e. The number of hydrogen-bond donors (Lipinski definition) is 1. The number of fused-ring (bicyclic) bond motifs is 1. The highest BCUT2D eigenvalue weighted by atomic mass is 16.5. The van der Waals surface area contributed by atoms with Crippen molar-refractivity contribution in [2.75, 3.05) is 12.3 Å². The average molecular weight is 242 g/mol. The van der Waals surface area contributed by atoms with Gasteiger partial charge in [-0.1, -0.05) is 31.4 Å². The summed E-state index contributed by atoms with van der Waals surface area (Å²) < 4.78 is 5.89. The molecule has 0 amide bonds. The van der Waals surface area contributed by atoms with Crippen LogP contribution in [-0.4, -0.2) is 11.6 Å². The molecule has 1 fully saturated rings. The predicted molar refractivity (Wildman–Crippen MR) is 73.6 cm³/mol. The van der Waals surface area contributed by atoms with E-state index in [1.54, 1.807) is 6.20 Å². The van der Waals surface area contributed by atoms with Crippen molar-refractivity contribution in [3.63, 3.8) is 0 Å². The fraction of sp³-hybridized carbons (Fsp3) is 0.400. The van der Waals surface area contributed by atoms with Gasteiger partial charge in [0, 0.05) is 5.39 Å². The molecule has 3 rings (SSSR count). The number of rotatable bonds is 4. The van der Waals surface area contributed by atoms with Crippen LogP contribution in [-0.2, 0) is 0 Å². The number of aromatic nitrogens is 1. The second-order valence-corrected chi connectivity index (χ2v) is 4.99. The highest BCUT2D eigenvalue weighted by molar-refractivity contribution is 5.89. The normalized spacial score (nSPS) is 15.6. The zero-order chi connectivity index (χ0) is 12.4. The molecule has 1 saturated carbocycles. The molecule has 1 heterocycles. The van der Waals surface area contributed by atoms with Gasteiger partial charge in [-0.3, -0.25) is 4.98 Å². The quantitative estimate of drug-likeness (QED) is 0.894. The fourth-order valence-electron chi connectivity index (χ4n) is 2.40. The van der Waals surface area contributed by atoms with Crippen LogP contribution in [0.2, 0.25) is 0 Å². The lowest BCUT2D eigenvalue weighted by Gasteiger charge is -2.25. The minimum Gasteiger partial charge on any atom is -0.491 e. The molecule has 2 N–H and O–H groups in total. The molecule has 0 unspecified atom stereocenters. The van der Waals surface area contributed by atoms with Crippen molar-refractivity contribution in [2.45, 2.75) is 25.7 Å². The van der Waals surface area contributed by atoms with Gasteiger partial charge in [0.1, 0.15) is 0 Å². The zero-order valence-electron chi connectivity index (χ0n) is 10.4. The highest BCUT2D eigenvalue weighted by Gasteiger charge is 2.17. The van der Waals surface area contributed by atoms with E-state index in [9.17, 15) is 0 Å². The van der Waals surface area contributed by atoms with Gasteiger partial charge in [0.25, 0.3) is 0 Å². The van der Waals surface area contributed by atoms with Gasteiger partial charge in [-0.25, -0.2) is 0 Å². The summed E-state index contributed by atoms with van der Waals surface area (Å²) in [5.74, 6) is 1.65. The third-order valence-electron chi connectivity index (χ3n) is 3.75. The van der Waals surface area contributed by atoms with Gasteiger partial charge in [0.2, 0.25) is 0 Å². The molecule has 0 bridgehead atoms. The van der Waals surface area contributed by atoms with Gasteiger partial charge in [-0.05, 0) is 24.5 Å². The lowest BCUT2D eigenvalue weighted by molar-refractivity contribution is 0.224. The van der Waals surface area contributed by atoms with Crippen LogP contribution in [0.25, 0.3) is 10.9 Å². The van der Waals surface area contributed by atoms with Crippen molar-refractivity contribution in [3.05, 3.63) is 30.5 Å². The Kier molecular flexibility index (Phi) is 3.05. The van der Waals surface area contributed by atoms with E-state index < -0.39 is 0 Å². The predicted octanol–water partition coefficient (Wildman–Crippen LogP) is 3.39. The second kappa shape index (κ2) is 4.84. The first-order valence-corrected chi connectivity index (χ1v) is 6.60. The highest BCUT2D eigenvalue weighted by Crippen LogP contribution is 2.32. The van der Waals surface area contributed by atoms with Crippen molar-refractivity contribution in [2.24, 2.45) is 5.92 Å². The molecule has 3 heteroatoms. The first kappa shape index (κ1) is 11.3. The maximum atomic E-state index is 5.96. The topological polar surface area (TPSA) is 48.1 Å². The molecule has 1 aliphatic carbocycles. The molecule has 1 aromatic carbocycles. The van der Waals surface area contributed by atoms with Gasteiger partial charge in [-0.15, -0.1) is 0 Å². The van der Waals surface area contributed by atoms with E-state index in [0.29, 0.717) is 5.69 Å². The van der Waals surface area contributed by atoms with Crippen LogP contribution < -0.4 is 10.5 Å². The van der Waals surface area contributed by atoms with E-state index in [0.717, 1.165) is 35.6 Å². The Morgan fingerprint density at radius 3 is 2.89 bits per heavy atom.